The lowest BCUT2D eigenvalue weighted by Crippen LogP contribution is -2.14. The zero-order valence-corrected chi connectivity index (χ0v) is 37.1. The highest BCUT2D eigenvalue weighted by Gasteiger charge is 2.22. The molecule has 322 valence electrons. The number of unbranched alkanes of at least 4 members (excludes halogenated alkanes) is 12. The van der Waals surface area contributed by atoms with Crippen molar-refractivity contribution in [2.75, 3.05) is 23.8 Å². The van der Waals surface area contributed by atoms with Gasteiger partial charge in [0.25, 0.3) is 0 Å². The van der Waals surface area contributed by atoms with Crippen LogP contribution in [0, 0.1) is 0 Å². The molecule has 4 heteroatoms. The second-order valence-corrected chi connectivity index (χ2v) is 16.3. The van der Waals surface area contributed by atoms with Crippen molar-refractivity contribution in [1.29, 1.82) is 0 Å². The molecule has 0 aromatic heterocycles. The zero-order chi connectivity index (χ0) is 51.4. The summed E-state index contributed by atoms with van der Waals surface area (Å²) in [5, 5.41) is 6.76. The summed E-state index contributed by atoms with van der Waals surface area (Å²) < 4.78 is 101. The summed E-state index contributed by atoms with van der Waals surface area (Å²) in [4.78, 5) is 12.6. The molecule has 0 bridgehead atoms. The molecular formula is C57H72N2O2. The maximum atomic E-state index is 12.6. The fourth-order valence-electron chi connectivity index (χ4n) is 8.10. The Kier molecular flexibility index (Phi) is 13.4. The lowest BCUT2D eigenvalue weighted by molar-refractivity contribution is 0.160. The van der Waals surface area contributed by atoms with Crippen molar-refractivity contribution in [2.24, 2.45) is 0 Å². The molecule has 0 spiro atoms. The molecule has 61 heavy (non-hydrogen) atoms. The Balaban J connectivity index is 1.76. The SMILES string of the molecule is [2H]c1c([2H])c([2H])c2c(-c3c(CCCCCCCC)c([2H])c(-c4ccc(NC(=O)OCCCC)cc4)c4c([2H])c([2H])c([2H])c([2H])c34)c(CCCCCCCC)c([2H])c(-c3ccc(NCCCC)cc3)c2c1[2H]. The summed E-state index contributed by atoms with van der Waals surface area (Å²) >= 11 is 0. The molecule has 0 aliphatic rings. The normalized spacial score (nSPS) is 13.6. The number of amides is 1. The average molecular weight is 827 g/mol. The van der Waals surface area contributed by atoms with E-state index >= 15 is 0 Å². The van der Waals surface area contributed by atoms with Crippen LogP contribution in [0.3, 0.4) is 0 Å². The lowest BCUT2D eigenvalue weighted by Gasteiger charge is -2.23. The summed E-state index contributed by atoms with van der Waals surface area (Å²) in [6, 6.07) is 11.4. The smallest absolute Gasteiger partial charge is 0.411 e. The van der Waals surface area contributed by atoms with Crippen molar-refractivity contribution in [2.45, 2.75) is 143 Å². The minimum atomic E-state index is -0.601. The van der Waals surface area contributed by atoms with E-state index in [1.807, 2.05) is 31.2 Å². The highest BCUT2D eigenvalue weighted by atomic mass is 16.5. The molecule has 0 radical (unpaired) electrons. The molecule has 4 nitrogen and oxygen atoms in total. The number of rotatable bonds is 25. The molecular weight excluding hydrogens is 745 g/mol. The molecule has 6 rings (SSSR count). The van der Waals surface area contributed by atoms with Crippen LogP contribution in [-0.4, -0.2) is 19.2 Å². The van der Waals surface area contributed by atoms with Crippen LogP contribution in [0.4, 0.5) is 16.2 Å². The average Bonchev–Trinajstić information content (AvgIpc) is 3.36. The first-order valence-corrected chi connectivity index (χ1v) is 23.2. The highest BCUT2D eigenvalue weighted by molar-refractivity contribution is 6.14. The van der Waals surface area contributed by atoms with Crippen LogP contribution in [0.2, 0.25) is 0 Å². The fraction of sp³-hybridized carbons (Fsp3) is 0.421. The Bertz CT molecular complexity index is 2810. The van der Waals surface area contributed by atoms with E-state index in [0.717, 1.165) is 102 Å². The topological polar surface area (TPSA) is 50.4 Å². The van der Waals surface area contributed by atoms with E-state index in [4.69, 9.17) is 10.2 Å². The maximum Gasteiger partial charge on any atom is 0.411 e. The van der Waals surface area contributed by atoms with Gasteiger partial charge in [0.15, 0.2) is 0 Å². The third kappa shape index (κ3) is 12.5. The number of anilines is 2. The van der Waals surface area contributed by atoms with E-state index in [9.17, 15) is 13.0 Å². The molecule has 0 saturated heterocycles. The van der Waals surface area contributed by atoms with Crippen LogP contribution >= 0.6 is 0 Å². The molecule has 0 atom stereocenters. The minimum absolute atomic E-state index is 0.0343. The van der Waals surface area contributed by atoms with Crippen LogP contribution in [0.15, 0.2) is 109 Å². The van der Waals surface area contributed by atoms with Gasteiger partial charge >= 0.3 is 6.09 Å². The molecule has 6 aromatic carbocycles. The molecule has 6 aromatic rings. The van der Waals surface area contributed by atoms with Crippen LogP contribution in [0.5, 0.6) is 0 Å². The first-order chi connectivity index (χ1) is 34.2. The summed E-state index contributed by atoms with van der Waals surface area (Å²) in [6.07, 6.45) is 15.1. The number of carbonyl (C=O) groups excluding carboxylic acids is 1. The number of hydrogen-bond donors (Lipinski definition) is 2. The highest BCUT2D eigenvalue weighted by Crippen LogP contribution is 2.46. The molecule has 0 fully saturated rings. The molecule has 0 saturated carbocycles. The van der Waals surface area contributed by atoms with Crippen molar-refractivity contribution < 1.29 is 23.2 Å². The molecule has 0 aliphatic heterocycles. The third-order valence-electron chi connectivity index (χ3n) is 11.5. The van der Waals surface area contributed by atoms with Crippen molar-refractivity contribution in [3.63, 3.8) is 0 Å². The lowest BCUT2D eigenvalue weighted by atomic mass is 9.80. The van der Waals surface area contributed by atoms with Crippen LogP contribution in [0.1, 0.15) is 155 Å². The Hall–Kier alpha value is -5.09. The van der Waals surface area contributed by atoms with Crippen molar-refractivity contribution in [1.82, 2.24) is 0 Å². The Labute approximate surface area is 382 Å². The number of ether oxygens (including phenoxy) is 1. The summed E-state index contributed by atoms with van der Waals surface area (Å²) in [7, 11) is 0. The standard InChI is InChI=1S/C57H72N2O2/c1-5-9-13-15-17-19-25-45-41-53(43-31-35-47(36-32-43)58-39-11-7-3)49-27-21-23-29-51(49)55(45)56-46(26-20-18-16-14-10-6-2)42-54(50-28-22-24-30-52(50)56)44-33-37-48(38-34-44)59-57(60)61-40-12-8-4/h21-24,27-38,41-42,58H,5-20,25-26,39-40H2,1-4H3,(H,59,60)/i21D,22D,23D,24D,27D,28D,29D,30D,41D,42D. The van der Waals surface area contributed by atoms with Gasteiger partial charge in [-0.15, -0.1) is 0 Å². The van der Waals surface area contributed by atoms with Gasteiger partial charge in [0, 0.05) is 17.9 Å². The zero-order valence-electron chi connectivity index (χ0n) is 47.1. The summed E-state index contributed by atoms with van der Waals surface area (Å²) in [5.41, 5.74) is 4.74. The Morgan fingerprint density at radius 3 is 1.41 bits per heavy atom. The largest absolute Gasteiger partial charge is 0.449 e. The van der Waals surface area contributed by atoms with Crippen LogP contribution in [0.25, 0.3) is 54.9 Å². The number of benzene rings is 6. The van der Waals surface area contributed by atoms with Gasteiger partial charge in [-0.05, 0) is 141 Å². The van der Waals surface area contributed by atoms with Crippen molar-refractivity contribution in [3.05, 3.63) is 120 Å². The summed E-state index contributed by atoms with van der Waals surface area (Å²) in [5.74, 6) is 0. The number of fused-ring (bicyclic) bond motifs is 2. The van der Waals surface area contributed by atoms with Crippen molar-refractivity contribution in [3.8, 4) is 33.4 Å². The van der Waals surface area contributed by atoms with Gasteiger partial charge in [0.1, 0.15) is 0 Å². The quantitative estimate of drug-likeness (QED) is 0.0565. The van der Waals surface area contributed by atoms with E-state index in [-0.39, 0.29) is 70.0 Å². The molecule has 0 heterocycles. The van der Waals surface area contributed by atoms with Gasteiger partial charge in [-0.2, -0.15) is 0 Å². The van der Waals surface area contributed by atoms with Crippen LogP contribution in [-0.2, 0) is 17.6 Å². The molecule has 1 amide bonds. The predicted octanol–water partition coefficient (Wildman–Crippen LogP) is 17.4. The maximum absolute atomic E-state index is 12.6. The minimum Gasteiger partial charge on any atom is -0.449 e. The van der Waals surface area contributed by atoms with E-state index in [0.29, 0.717) is 70.3 Å². The van der Waals surface area contributed by atoms with Gasteiger partial charge < -0.3 is 10.1 Å². The fourth-order valence-corrected chi connectivity index (χ4v) is 8.10. The molecule has 2 N–H and O–H groups in total. The van der Waals surface area contributed by atoms with E-state index in [1.165, 1.54) is 0 Å². The molecule has 0 unspecified atom stereocenters. The van der Waals surface area contributed by atoms with E-state index in [2.05, 4.69) is 31.4 Å². The Morgan fingerprint density at radius 2 is 0.934 bits per heavy atom. The molecule has 0 aliphatic carbocycles. The van der Waals surface area contributed by atoms with Gasteiger partial charge in [-0.1, -0.05) is 177 Å². The third-order valence-corrected chi connectivity index (χ3v) is 11.5. The van der Waals surface area contributed by atoms with Crippen molar-refractivity contribution >= 4 is 39.0 Å². The Morgan fingerprint density at radius 1 is 0.508 bits per heavy atom. The predicted molar refractivity (Wildman–Crippen MR) is 265 cm³/mol. The van der Waals surface area contributed by atoms with E-state index in [1.54, 1.807) is 24.3 Å². The second-order valence-electron chi connectivity index (χ2n) is 16.3. The van der Waals surface area contributed by atoms with Gasteiger partial charge in [0.2, 0.25) is 0 Å². The monoisotopic (exact) mass is 827 g/mol. The van der Waals surface area contributed by atoms with Gasteiger partial charge in [-0.25, -0.2) is 4.79 Å². The second kappa shape index (κ2) is 24.4. The number of nitrogens with one attached hydrogen (secondary N) is 2. The number of hydrogen-bond acceptors (Lipinski definition) is 3. The first-order valence-electron chi connectivity index (χ1n) is 28.2. The van der Waals surface area contributed by atoms with E-state index < -0.39 is 30.3 Å². The number of carbonyl (C=O) groups is 1. The van der Waals surface area contributed by atoms with Gasteiger partial charge in [0.05, 0.1) is 20.3 Å². The summed E-state index contributed by atoms with van der Waals surface area (Å²) in [6.45, 7) is 9.53. The van der Waals surface area contributed by atoms with Gasteiger partial charge in [-0.3, -0.25) is 5.32 Å². The first kappa shape index (κ1) is 33.5. The van der Waals surface area contributed by atoms with Crippen LogP contribution < -0.4 is 10.6 Å².